The molecular formula is C17H17ClN2O2. The van der Waals surface area contributed by atoms with Gasteiger partial charge in [0.2, 0.25) is 0 Å². The van der Waals surface area contributed by atoms with E-state index < -0.39 is 6.09 Å². The summed E-state index contributed by atoms with van der Waals surface area (Å²) in [5.41, 5.74) is 2.63. The van der Waals surface area contributed by atoms with Crippen LogP contribution in [0.3, 0.4) is 0 Å². The molecule has 114 valence electrons. The van der Waals surface area contributed by atoms with Gasteiger partial charge in [-0.05, 0) is 37.4 Å². The van der Waals surface area contributed by atoms with Gasteiger partial charge < -0.3 is 4.74 Å². The maximum absolute atomic E-state index is 11.5. The van der Waals surface area contributed by atoms with E-state index in [4.69, 9.17) is 4.74 Å². The van der Waals surface area contributed by atoms with E-state index in [-0.39, 0.29) is 12.4 Å². The zero-order chi connectivity index (χ0) is 14.8. The van der Waals surface area contributed by atoms with Gasteiger partial charge in [-0.25, -0.2) is 4.79 Å². The van der Waals surface area contributed by atoms with Crippen LogP contribution in [0.5, 0.6) is 0 Å². The number of nitrogens with one attached hydrogen (secondary N) is 1. The monoisotopic (exact) mass is 316 g/mol. The van der Waals surface area contributed by atoms with E-state index in [0.717, 1.165) is 27.4 Å². The number of amides is 1. The number of aromatic nitrogens is 1. The highest BCUT2D eigenvalue weighted by molar-refractivity contribution is 6.07. The molecule has 3 rings (SSSR count). The Hall–Kier alpha value is -2.33. The van der Waals surface area contributed by atoms with Gasteiger partial charge in [0.25, 0.3) is 0 Å². The standard InChI is InChI=1S/C17H16N2O2.ClH/c1-3-21-17(20)19-12-8-9-13-14-6-4-5-7-16(14)18-11(2)15(13)10-12;/h4-10H,3H2,1-2H3,(H,19,20);1H. The molecule has 1 N–H and O–H groups in total. The smallest absolute Gasteiger partial charge is 0.411 e. The first-order chi connectivity index (χ1) is 10.2. The van der Waals surface area contributed by atoms with Gasteiger partial charge in [-0.15, -0.1) is 12.4 Å². The number of carbonyl (C=O) groups excluding carboxylic acids is 1. The quantitative estimate of drug-likeness (QED) is 0.698. The molecular weight excluding hydrogens is 300 g/mol. The van der Waals surface area contributed by atoms with E-state index in [0.29, 0.717) is 12.3 Å². The van der Waals surface area contributed by atoms with Crippen LogP contribution in [0, 0.1) is 6.92 Å². The van der Waals surface area contributed by atoms with Gasteiger partial charge in [0.15, 0.2) is 0 Å². The number of aryl methyl sites for hydroxylation is 1. The Kier molecular flexibility index (Phi) is 4.83. The highest BCUT2D eigenvalue weighted by Gasteiger charge is 2.08. The maximum Gasteiger partial charge on any atom is 0.411 e. The van der Waals surface area contributed by atoms with Crippen molar-refractivity contribution in [2.45, 2.75) is 13.8 Å². The molecule has 5 heteroatoms. The topological polar surface area (TPSA) is 51.2 Å². The van der Waals surface area contributed by atoms with Gasteiger partial charge >= 0.3 is 6.09 Å². The molecule has 0 atom stereocenters. The number of benzene rings is 2. The molecule has 0 radical (unpaired) electrons. The summed E-state index contributed by atoms with van der Waals surface area (Å²) < 4.78 is 4.89. The Morgan fingerprint density at radius 2 is 1.91 bits per heavy atom. The van der Waals surface area contributed by atoms with Gasteiger partial charge in [-0.1, -0.05) is 24.3 Å². The first kappa shape index (κ1) is 16.0. The highest BCUT2D eigenvalue weighted by Crippen LogP contribution is 2.28. The summed E-state index contributed by atoms with van der Waals surface area (Å²) in [4.78, 5) is 16.1. The normalized spacial score (nSPS) is 10.3. The number of fused-ring (bicyclic) bond motifs is 3. The second kappa shape index (κ2) is 6.62. The predicted octanol–water partition coefficient (Wildman–Crippen LogP) is 4.69. The molecule has 4 nitrogen and oxygen atoms in total. The molecule has 0 fully saturated rings. The summed E-state index contributed by atoms with van der Waals surface area (Å²) in [6.45, 7) is 4.10. The lowest BCUT2D eigenvalue weighted by molar-refractivity contribution is 0.168. The predicted molar refractivity (Wildman–Crippen MR) is 91.9 cm³/mol. The number of carbonyl (C=O) groups is 1. The van der Waals surface area contributed by atoms with Crippen molar-refractivity contribution < 1.29 is 9.53 Å². The molecule has 1 amide bonds. The highest BCUT2D eigenvalue weighted by atomic mass is 35.5. The van der Waals surface area contributed by atoms with Crippen molar-refractivity contribution in [1.82, 2.24) is 4.98 Å². The molecule has 0 bridgehead atoms. The van der Waals surface area contributed by atoms with E-state index in [1.54, 1.807) is 6.92 Å². The molecule has 2 aromatic carbocycles. The van der Waals surface area contributed by atoms with Crippen LogP contribution in [-0.2, 0) is 4.74 Å². The Bertz CT molecular complexity index is 833. The number of rotatable bonds is 2. The summed E-state index contributed by atoms with van der Waals surface area (Å²) in [6, 6.07) is 13.9. The van der Waals surface area contributed by atoms with Gasteiger partial charge in [-0.3, -0.25) is 10.3 Å². The first-order valence-electron chi connectivity index (χ1n) is 6.92. The molecule has 0 aliphatic rings. The summed E-state index contributed by atoms with van der Waals surface area (Å²) in [5.74, 6) is 0. The lowest BCUT2D eigenvalue weighted by Gasteiger charge is -2.10. The Morgan fingerprint density at radius 3 is 2.68 bits per heavy atom. The molecule has 1 aromatic heterocycles. The molecule has 3 aromatic rings. The zero-order valence-electron chi connectivity index (χ0n) is 12.4. The van der Waals surface area contributed by atoms with Gasteiger partial charge in [0.1, 0.15) is 0 Å². The van der Waals surface area contributed by atoms with Crippen LogP contribution >= 0.6 is 12.4 Å². The first-order valence-corrected chi connectivity index (χ1v) is 6.92. The van der Waals surface area contributed by atoms with E-state index in [1.165, 1.54) is 0 Å². The van der Waals surface area contributed by atoms with Crippen LogP contribution in [0.15, 0.2) is 42.5 Å². The fourth-order valence-corrected chi connectivity index (χ4v) is 2.48. The number of ether oxygens (including phenoxy) is 1. The lowest BCUT2D eigenvalue weighted by Crippen LogP contribution is -2.13. The fraction of sp³-hybridized carbons (Fsp3) is 0.176. The van der Waals surface area contributed by atoms with Crippen LogP contribution in [0.2, 0.25) is 0 Å². The Balaban J connectivity index is 0.00000176. The van der Waals surface area contributed by atoms with Crippen LogP contribution < -0.4 is 5.32 Å². The van der Waals surface area contributed by atoms with E-state index in [9.17, 15) is 4.79 Å². The summed E-state index contributed by atoms with van der Waals surface area (Å²) in [6.07, 6.45) is -0.441. The summed E-state index contributed by atoms with van der Waals surface area (Å²) in [5, 5.41) is 6.00. The Labute approximate surface area is 134 Å². The SMILES string of the molecule is CCOC(=O)Nc1ccc2c(c1)c(C)nc1ccccc12.Cl. The number of para-hydroxylation sites is 1. The van der Waals surface area contributed by atoms with E-state index >= 15 is 0 Å². The van der Waals surface area contributed by atoms with Crippen LogP contribution in [0.1, 0.15) is 12.6 Å². The molecule has 22 heavy (non-hydrogen) atoms. The molecule has 0 unspecified atom stereocenters. The second-order valence-corrected chi connectivity index (χ2v) is 4.82. The third-order valence-corrected chi connectivity index (χ3v) is 3.41. The molecule has 1 heterocycles. The van der Waals surface area contributed by atoms with Crippen molar-refractivity contribution in [2.24, 2.45) is 0 Å². The largest absolute Gasteiger partial charge is 0.450 e. The van der Waals surface area contributed by atoms with Crippen LogP contribution in [0.4, 0.5) is 10.5 Å². The van der Waals surface area contributed by atoms with Gasteiger partial charge in [0.05, 0.1) is 12.1 Å². The van der Waals surface area contributed by atoms with Crippen molar-refractivity contribution in [2.75, 3.05) is 11.9 Å². The zero-order valence-corrected chi connectivity index (χ0v) is 13.2. The number of nitrogens with zero attached hydrogens (tertiary/aromatic N) is 1. The van der Waals surface area contributed by atoms with Gasteiger partial charge in [-0.2, -0.15) is 0 Å². The van der Waals surface area contributed by atoms with Crippen LogP contribution in [0.25, 0.3) is 21.7 Å². The summed E-state index contributed by atoms with van der Waals surface area (Å²) >= 11 is 0. The summed E-state index contributed by atoms with van der Waals surface area (Å²) in [7, 11) is 0. The van der Waals surface area contributed by atoms with Crippen molar-refractivity contribution >= 4 is 45.9 Å². The van der Waals surface area contributed by atoms with Crippen molar-refractivity contribution in [3.05, 3.63) is 48.2 Å². The number of anilines is 1. The fourth-order valence-electron chi connectivity index (χ4n) is 2.48. The minimum Gasteiger partial charge on any atom is -0.450 e. The van der Waals surface area contributed by atoms with Crippen molar-refractivity contribution in [3.8, 4) is 0 Å². The number of pyridine rings is 1. The average molecular weight is 317 g/mol. The number of hydrogen-bond acceptors (Lipinski definition) is 3. The average Bonchev–Trinajstić information content (AvgIpc) is 2.48. The van der Waals surface area contributed by atoms with Gasteiger partial charge in [0, 0.05) is 22.2 Å². The molecule has 0 aliphatic carbocycles. The number of hydrogen-bond donors (Lipinski definition) is 1. The van der Waals surface area contributed by atoms with Crippen LogP contribution in [-0.4, -0.2) is 17.7 Å². The van der Waals surface area contributed by atoms with E-state index in [1.807, 2.05) is 43.3 Å². The Morgan fingerprint density at radius 1 is 1.14 bits per heavy atom. The third-order valence-electron chi connectivity index (χ3n) is 3.41. The minimum absolute atomic E-state index is 0. The molecule has 0 saturated heterocycles. The van der Waals surface area contributed by atoms with E-state index in [2.05, 4.69) is 16.4 Å². The minimum atomic E-state index is -0.441. The molecule has 0 spiro atoms. The lowest BCUT2D eigenvalue weighted by atomic mass is 10.0. The van der Waals surface area contributed by atoms with Crippen molar-refractivity contribution in [1.29, 1.82) is 0 Å². The third kappa shape index (κ3) is 2.97. The van der Waals surface area contributed by atoms with Crippen molar-refractivity contribution in [3.63, 3.8) is 0 Å². The second-order valence-electron chi connectivity index (χ2n) is 4.82. The molecule has 0 aliphatic heterocycles. The number of halogens is 1. The molecule has 0 saturated carbocycles. The maximum atomic E-state index is 11.5.